The van der Waals surface area contributed by atoms with Crippen molar-refractivity contribution >= 4 is 34.9 Å². The van der Waals surface area contributed by atoms with Crippen LogP contribution in [0.4, 0.5) is 17.2 Å². The van der Waals surface area contributed by atoms with Crippen LogP contribution in [0, 0.1) is 0 Å². The van der Waals surface area contributed by atoms with Crippen LogP contribution in [-0.2, 0) is 14.9 Å². The second-order valence-electron chi connectivity index (χ2n) is 10.8. The Morgan fingerprint density at radius 1 is 1.03 bits per heavy atom. The number of benzene rings is 2. The van der Waals surface area contributed by atoms with Gasteiger partial charge in [0, 0.05) is 17.2 Å². The van der Waals surface area contributed by atoms with Crippen molar-refractivity contribution in [1.82, 2.24) is 4.98 Å². The first-order chi connectivity index (χ1) is 17.7. The topological polar surface area (TPSA) is 88.6 Å². The van der Waals surface area contributed by atoms with Crippen LogP contribution in [0.2, 0.25) is 0 Å². The largest absolute Gasteiger partial charge is 0.460 e. The predicted octanol–water partition coefficient (Wildman–Crippen LogP) is 5.82. The SMILES string of the molecule is CC(C)(C)OC(=O)CC1(c2ccc(C(=O)CN3C(=O)c4ccccc4Nc4ncccc43)cc2)CCC1. The van der Waals surface area contributed by atoms with Crippen LogP contribution < -0.4 is 10.2 Å². The summed E-state index contributed by atoms with van der Waals surface area (Å²) in [4.78, 5) is 45.3. The van der Waals surface area contributed by atoms with Crippen LogP contribution in [0.25, 0.3) is 0 Å². The number of para-hydroxylation sites is 1. The fourth-order valence-electron chi connectivity index (χ4n) is 5.10. The number of nitrogens with one attached hydrogen (secondary N) is 1. The third-order valence-corrected chi connectivity index (χ3v) is 7.07. The van der Waals surface area contributed by atoms with Crippen LogP contribution >= 0.6 is 0 Å². The molecule has 0 radical (unpaired) electrons. The van der Waals surface area contributed by atoms with E-state index in [9.17, 15) is 14.4 Å². The van der Waals surface area contributed by atoms with E-state index in [0.29, 0.717) is 34.7 Å². The Kier molecular flexibility index (Phi) is 6.31. The van der Waals surface area contributed by atoms with Crippen LogP contribution in [0.15, 0.2) is 66.9 Å². The summed E-state index contributed by atoms with van der Waals surface area (Å²) >= 11 is 0. The number of ketones is 1. The number of hydrogen-bond donors (Lipinski definition) is 1. The Balaban J connectivity index is 1.36. The van der Waals surface area contributed by atoms with Crippen molar-refractivity contribution in [2.24, 2.45) is 0 Å². The molecule has 2 heterocycles. The number of Topliss-reactive ketones (excluding diaryl/α,β-unsaturated/α-hetero) is 1. The first-order valence-electron chi connectivity index (χ1n) is 12.6. The minimum absolute atomic E-state index is 0.115. The van der Waals surface area contributed by atoms with Crippen LogP contribution in [0.3, 0.4) is 0 Å². The summed E-state index contributed by atoms with van der Waals surface area (Å²) in [5.74, 6) is -0.110. The number of rotatable bonds is 6. The molecule has 0 atom stereocenters. The molecule has 190 valence electrons. The van der Waals surface area contributed by atoms with Gasteiger partial charge in [-0.3, -0.25) is 19.3 Å². The molecular formula is C30H31N3O4. The molecule has 1 aliphatic heterocycles. The predicted molar refractivity (Wildman–Crippen MR) is 142 cm³/mol. The summed E-state index contributed by atoms with van der Waals surface area (Å²) in [6.07, 6.45) is 4.87. The molecule has 2 aromatic carbocycles. The van der Waals surface area contributed by atoms with Gasteiger partial charge in [0.05, 0.1) is 29.9 Å². The lowest BCUT2D eigenvalue weighted by atomic mass is 9.62. The average molecular weight is 498 g/mol. The number of hydrogen-bond acceptors (Lipinski definition) is 6. The minimum atomic E-state index is -0.521. The van der Waals surface area contributed by atoms with Gasteiger partial charge in [0.15, 0.2) is 11.6 Å². The summed E-state index contributed by atoms with van der Waals surface area (Å²) in [6, 6.07) is 18.2. The molecule has 0 unspecified atom stereocenters. The molecule has 0 bridgehead atoms. The summed E-state index contributed by atoms with van der Waals surface area (Å²) in [7, 11) is 0. The van der Waals surface area contributed by atoms with Crippen LogP contribution in [0.1, 0.15) is 72.7 Å². The molecular weight excluding hydrogens is 466 g/mol. The maximum absolute atomic E-state index is 13.5. The van der Waals surface area contributed by atoms with Crippen molar-refractivity contribution in [2.75, 3.05) is 16.8 Å². The maximum Gasteiger partial charge on any atom is 0.307 e. The monoisotopic (exact) mass is 497 g/mol. The smallest absolute Gasteiger partial charge is 0.307 e. The van der Waals surface area contributed by atoms with E-state index in [-0.39, 0.29) is 29.6 Å². The number of carbonyl (C=O) groups is 3. The lowest BCUT2D eigenvalue weighted by molar-refractivity contribution is -0.157. The summed E-state index contributed by atoms with van der Waals surface area (Å²) < 4.78 is 5.57. The number of anilines is 3. The number of ether oxygens (including phenoxy) is 1. The van der Waals surface area contributed by atoms with Crippen molar-refractivity contribution in [3.8, 4) is 0 Å². The van der Waals surface area contributed by atoms with E-state index >= 15 is 0 Å². The van der Waals surface area contributed by atoms with Gasteiger partial charge in [0.25, 0.3) is 5.91 Å². The molecule has 7 heteroatoms. The molecule has 5 rings (SSSR count). The summed E-state index contributed by atoms with van der Waals surface area (Å²) in [6.45, 7) is 5.50. The van der Waals surface area contributed by atoms with E-state index in [2.05, 4.69) is 10.3 Å². The maximum atomic E-state index is 13.5. The second kappa shape index (κ2) is 9.47. The van der Waals surface area contributed by atoms with E-state index in [1.54, 1.807) is 42.6 Å². The highest BCUT2D eigenvalue weighted by Crippen LogP contribution is 2.47. The highest BCUT2D eigenvalue weighted by Gasteiger charge is 2.41. The van der Waals surface area contributed by atoms with Gasteiger partial charge < -0.3 is 10.1 Å². The van der Waals surface area contributed by atoms with Gasteiger partial charge in [0.1, 0.15) is 5.60 Å². The van der Waals surface area contributed by atoms with E-state index < -0.39 is 5.60 Å². The first kappa shape index (κ1) is 24.7. The Labute approximate surface area is 216 Å². The number of carbonyl (C=O) groups excluding carboxylic acids is 3. The van der Waals surface area contributed by atoms with Crippen molar-refractivity contribution < 1.29 is 19.1 Å². The average Bonchev–Trinajstić information content (AvgIpc) is 2.95. The van der Waals surface area contributed by atoms with E-state index in [4.69, 9.17) is 4.74 Å². The third-order valence-electron chi connectivity index (χ3n) is 7.07. The van der Waals surface area contributed by atoms with Crippen molar-refractivity contribution in [2.45, 2.75) is 57.5 Å². The van der Waals surface area contributed by atoms with Crippen molar-refractivity contribution in [3.63, 3.8) is 0 Å². The molecule has 1 aliphatic carbocycles. The standard InChI is InChI=1S/C30H31N3O4/c1-29(2,3)37-26(35)18-30(15-7-16-30)21-13-11-20(12-14-21)25(34)19-33-24-10-6-17-31-27(24)32-23-9-5-4-8-22(23)28(33)36/h4-6,8-14,17H,7,15-16,18-19H2,1-3H3,(H,31,32). The molecule has 3 aromatic rings. The number of esters is 1. The zero-order valence-electron chi connectivity index (χ0n) is 21.4. The van der Waals surface area contributed by atoms with Gasteiger partial charge >= 0.3 is 5.97 Å². The number of pyridine rings is 1. The fraction of sp³-hybridized carbons (Fsp3) is 0.333. The summed E-state index contributed by atoms with van der Waals surface area (Å²) in [5.41, 5.74) is 2.48. The number of fused-ring (bicyclic) bond motifs is 2. The molecule has 1 aromatic heterocycles. The first-order valence-corrected chi connectivity index (χ1v) is 12.6. The zero-order valence-corrected chi connectivity index (χ0v) is 21.4. The van der Waals surface area contributed by atoms with Crippen molar-refractivity contribution in [3.05, 3.63) is 83.6 Å². The van der Waals surface area contributed by atoms with E-state index in [0.717, 1.165) is 24.8 Å². The Bertz CT molecular complexity index is 1350. The summed E-state index contributed by atoms with van der Waals surface area (Å²) in [5, 5.41) is 3.22. The highest BCUT2D eigenvalue weighted by atomic mass is 16.6. The minimum Gasteiger partial charge on any atom is -0.460 e. The number of aromatic nitrogens is 1. The molecule has 37 heavy (non-hydrogen) atoms. The molecule has 1 saturated carbocycles. The van der Waals surface area contributed by atoms with Gasteiger partial charge in [-0.05, 0) is 63.4 Å². The zero-order chi connectivity index (χ0) is 26.2. The number of nitrogens with zero attached hydrogens (tertiary/aromatic N) is 2. The molecule has 1 amide bonds. The molecule has 0 saturated heterocycles. The molecule has 1 fully saturated rings. The van der Waals surface area contributed by atoms with E-state index in [1.807, 2.05) is 45.0 Å². The molecule has 1 N–H and O–H groups in total. The van der Waals surface area contributed by atoms with Gasteiger partial charge in [-0.1, -0.05) is 42.8 Å². The van der Waals surface area contributed by atoms with Crippen molar-refractivity contribution in [1.29, 1.82) is 0 Å². The normalized spacial score (nSPS) is 16.0. The molecule has 7 nitrogen and oxygen atoms in total. The quantitative estimate of drug-likeness (QED) is 0.341. The van der Waals surface area contributed by atoms with Crippen LogP contribution in [-0.4, -0.2) is 34.8 Å². The van der Waals surface area contributed by atoms with Gasteiger partial charge in [-0.15, -0.1) is 0 Å². The highest BCUT2D eigenvalue weighted by molar-refractivity contribution is 6.16. The lowest BCUT2D eigenvalue weighted by Gasteiger charge is -2.42. The molecule has 2 aliphatic rings. The second-order valence-corrected chi connectivity index (χ2v) is 10.8. The lowest BCUT2D eigenvalue weighted by Crippen LogP contribution is -2.38. The van der Waals surface area contributed by atoms with Gasteiger partial charge in [-0.2, -0.15) is 0 Å². The Hall–Kier alpha value is -4.00. The van der Waals surface area contributed by atoms with Gasteiger partial charge in [0.2, 0.25) is 0 Å². The van der Waals surface area contributed by atoms with Gasteiger partial charge in [-0.25, -0.2) is 4.98 Å². The molecule has 0 spiro atoms. The fourth-order valence-corrected chi connectivity index (χ4v) is 5.10. The van der Waals surface area contributed by atoms with E-state index in [1.165, 1.54) is 4.90 Å². The Morgan fingerprint density at radius 2 is 1.76 bits per heavy atom. The third kappa shape index (κ3) is 4.99. The number of amides is 1. The Morgan fingerprint density at radius 3 is 2.43 bits per heavy atom. The van der Waals surface area contributed by atoms with Crippen LogP contribution in [0.5, 0.6) is 0 Å².